The standard InChI is InChI=1S/C37H45ClN2O9S/c1-21-14-26(33(35(43)47-3)36(44)48-4)17-31(41)28-10-7-25(28)18-40-19-37(13-5-6-23-15-27(38)9-11-29(23)37)20-49-32-12-8-24(16-30(32)40)34(42)39-50(45,46)22(21)2/h8-9,11-12,15-16,21-22,25-26,28,33H,5-7,10,13-14,17-20H2,1-4H3,(H,39,42)/t21-,22+,25-,26+,28+,37-/m0/s1. The fourth-order valence-electron chi connectivity index (χ4n) is 8.49. The van der Waals surface area contributed by atoms with Crippen molar-refractivity contribution in [1.29, 1.82) is 0 Å². The van der Waals surface area contributed by atoms with Gasteiger partial charge in [0, 0.05) is 41.4 Å². The van der Waals surface area contributed by atoms with Gasteiger partial charge in [0.15, 0.2) is 5.92 Å². The van der Waals surface area contributed by atoms with E-state index in [2.05, 4.69) is 15.7 Å². The fourth-order valence-corrected chi connectivity index (χ4v) is 9.97. The maximum Gasteiger partial charge on any atom is 0.320 e. The number of ether oxygens (including phenoxy) is 3. The molecule has 270 valence electrons. The molecule has 0 saturated heterocycles. The predicted octanol–water partition coefficient (Wildman–Crippen LogP) is 4.86. The zero-order chi connectivity index (χ0) is 36.0. The number of hydrogen-bond donors (Lipinski definition) is 1. The maximum absolute atomic E-state index is 14.1. The van der Waals surface area contributed by atoms with E-state index >= 15 is 0 Å². The normalized spacial score (nSPS) is 29.4. The SMILES string of the molecule is COC(=O)C(C(=O)OC)[C@H]1CC(=O)[C@@H]2CC[C@H]2CN2C[C@@]3(CCCc4cc(Cl)ccc43)COc3ccc(cc32)C(=O)NS(=O)(=O)[C@H](C)[C@@H](C)C1. The number of hydrogen-bond acceptors (Lipinski definition) is 10. The number of rotatable bonds is 3. The Balaban J connectivity index is 1.42. The molecule has 6 rings (SSSR count). The predicted molar refractivity (Wildman–Crippen MR) is 187 cm³/mol. The van der Waals surface area contributed by atoms with Crippen molar-refractivity contribution in [2.24, 2.45) is 29.6 Å². The average Bonchev–Trinajstić information content (AvgIpc) is 3.22. The summed E-state index contributed by atoms with van der Waals surface area (Å²) in [6.07, 6.45) is 4.07. The first-order valence-electron chi connectivity index (χ1n) is 17.3. The third-order valence-corrected chi connectivity index (χ3v) is 13.8. The van der Waals surface area contributed by atoms with E-state index in [1.165, 1.54) is 18.1 Å². The Hall–Kier alpha value is -3.64. The molecule has 1 saturated carbocycles. The largest absolute Gasteiger partial charge is 0.490 e. The summed E-state index contributed by atoms with van der Waals surface area (Å²) in [5.74, 6) is -5.28. The Bertz CT molecular complexity index is 1780. The van der Waals surface area contributed by atoms with Gasteiger partial charge in [0.05, 0.1) is 31.8 Å². The van der Waals surface area contributed by atoms with Crippen molar-refractivity contribution in [2.75, 3.05) is 38.8 Å². The molecule has 1 N–H and O–H groups in total. The van der Waals surface area contributed by atoms with Crippen LogP contribution in [0.3, 0.4) is 0 Å². The number of ketones is 1. The third-order valence-electron chi connectivity index (χ3n) is 11.6. The fraction of sp³-hybridized carbons (Fsp3) is 0.568. The van der Waals surface area contributed by atoms with Gasteiger partial charge < -0.3 is 19.1 Å². The van der Waals surface area contributed by atoms with Crippen LogP contribution in [0.4, 0.5) is 5.69 Å². The lowest BCUT2D eigenvalue weighted by Crippen LogP contribution is -2.49. The number of nitrogens with zero attached hydrogens (tertiary/aromatic N) is 1. The lowest BCUT2D eigenvalue weighted by Gasteiger charge is -2.44. The first-order chi connectivity index (χ1) is 23.8. The Kier molecular flexibility index (Phi) is 10.2. The number of aryl methyl sites for hydroxylation is 1. The molecule has 13 heteroatoms. The number of Topliss-reactive ketones (excluding diaryl/α,β-unsaturated/α-hetero) is 1. The van der Waals surface area contributed by atoms with E-state index in [0.717, 1.165) is 39.9 Å². The molecule has 2 bridgehead atoms. The Morgan fingerprint density at radius 1 is 1.06 bits per heavy atom. The van der Waals surface area contributed by atoms with Gasteiger partial charge in [-0.05, 0) is 105 Å². The summed E-state index contributed by atoms with van der Waals surface area (Å²) in [5.41, 5.74) is 2.78. The summed E-state index contributed by atoms with van der Waals surface area (Å²) in [6, 6.07) is 11.0. The summed E-state index contributed by atoms with van der Waals surface area (Å²) in [4.78, 5) is 55.9. The summed E-state index contributed by atoms with van der Waals surface area (Å²) >= 11 is 6.40. The zero-order valence-corrected chi connectivity index (χ0v) is 30.5. The highest BCUT2D eigenvalue weighted by Crippen LogP contribution is 2.47. The number of fused-ring (bicyclic) bond motifs is 4. The van der Waals surface area contributed by atoms with Gasteiger partial charge in [0.25, 0.3) is 5.91 Å². The van der Waals surface area contributed by atoms with Crippen LogP contribution >= 0.6 is 11.6 Å². The Labute approximate surface area is 298 Å². The van der Waals surface area contributed by atoms with Gasteiger partial charge in [0.1, 0.15) is 11.5 Å². The van der Waals surface area contributed by atoms with Crippen molar-refractivity contribution in [3.8, 4) is 5.75 Å². The van der Waals surface area contributed by atoms with Crippen LogP contribution < -0.4 is 14.4 Å². The molecule has 0 unspecified atom stereocenters. The topological polar surface area (TPSA) is 145 Å². The minimum Gasteiger partial charge on any atom is -0.490 e. The second-order valence-corrected chi connectivity index (χ2v) is 17.1. The highest BCUT2D eigenvalue weighted by Gasteiger charge is 2.47. The first-order valence-corrected chi connectivity index (χ1v) is 19.2. The van der Waals surface area contributed by atoms with E-state index in [1.54, 1.807) is 25.1 Å². The molecule has 1 amide bonds. The molecule has 50 heavy (non-hydrogen) atoms. The minimum atomic E-state index is -4.23. The van der Waals surface area contributed by atoms with E-state index < -0.39 is 56.3 Å². The van der Waals surface area contributed by atoms with Crippen molar-refractivity contribution < 1.29 is 41.8 Å². The summed E-state index contributed by atoms with van der Waals surface area (Å²) < 4.78 is 45.9. The van der Waals surface area contributed by atoms with E-state index in [1.807, 2.05) is 12.1 Å². The van der Waals surface area contributed by atoms with Gasteiger partial charge in [-0.15, -0.1) is 0 Å². The lowest BCUT2D eigenvalue weighted by molar-refractivity contribution is -0.162. The molecule has 6 atom stereocenters. The van der Waals surface area contributed by atoms with Crippen molar-refractivity contribution in [3.63, 3.8) is 0 Å². The van der Waals surface area contributed by atoms with Crippen LogP contribution in [0.1, 0.15) is 73.9 Å². The zero-order valence-electron chi connectivity index (χ0n) is 28.9. The number of anilines is 1. The molecule has 2 aliphatic heterocycles. The second kappa shape index (κ2) is 14.2. The number of methoxy groups -OCH3 is 2. The summed E-state index contributed by atoms with van der Waals surface area (Å²) in [7, 11) is -1.92. The van der Waals surface area contributed by atoms with Crippen molar-refractivity contribution in [2.45, 2.75) is 69.5 Å². The molecule has 0 aromatic heterocycles. The quantitative estimate of drug-likeness (QED) is 0.344. The number of benzene rings is 2. The van der Waals surface area contributed by atoms with Crippen LogP contribution in [-0.2, 0) is 45.7 Å². The number of amides is 1. The number of halogens is 1. The highest BCUT2D eigenvalue weighted by molar-refractivity contribution is 7.90. The Morgan fingerprint density at radius 2 is 1.80 bits per heavy atom. The van der Waals surface area contributed by atoms with Gasteiger partial charge in [0.2, 0.25) is 10.0 Å². The number of carbonyl (C=O) groups excluding carboxylic acids is 4. The number of nitrogens with one attached hydrogen (secondary N) is 1. The molecule has 1 fully saturated rings. The van der Waals surface area contributed by atoms with Crippen molar-refractivity contribution in [3.05, 3.63) is 58.1 Å². The van der Waals surface area contributed by atoms with Gasteiger partial charge in [-0.2, -0.15) is 0 Å². The molecular formula is C37H45ClN2O9S. The van der Waals surface area contributed by atoms with E-state index in [-0.39, 0.29) is 36.0 Å². The summed E-state index contributed by atoms with van der Waals surface area (Å²) in [5, 5.41) is -0.432. The third kappa shape index (κ3) is 6.85. The van der Waals surface area contributed by atoms with Crippen LogP contribution in [0.5, 0.6) is 5.75 Å². The van der Waals surface area contributed by atoms with Crippen LogP contribution in [0.25, 0.3) is 0 Å². The van der Waals surface area contributed by atoms with Gasteiger partial charge in [-0.1, -0.05) is 24.6 Å². The lowest BCUT2D eigenvalue weighted by atomic mass is 9.67. The van der Waals surface area contributed by atoms with Gasteiger partial charge in [-0.25, -0.2) is 13.1 Å². The monoisotopic (exact) mass is 728 g/mol. The smallest absolute Gasteiger partial charge is 0.320 e. The average molecular weight is 729 g/mol. The molecule has 11 nitrogen and oxygen atoms in total. The number of esters is 2. The van der Waals surface area contributed by atoms with Gasteiger partial charge in [-0.3, -0.25) is 19.2 Å². The van der Waals surface area contributed by atoms with E-state index in [9.17, 15) is 27.6 Å². The molecule has 2 heterocycles. The Morgan fingerprint density at radius 3 is 2.48 bits per heavy atom. The van der Waals surface area contributed by atoms with E-state index in [4.69, 9.17) is 25.8 Å². The van der Waals surface area contributed by atoms with E-state index in [0.29, 0.717) is 42.6 Å². The van der Waals surface area contributed by atoms with Gasteiger partial charge >= 0.3 is 11.9 Å². The molecule has 1 spiro atoms. The first kappa shape index (κ1) is 36.2. The maximum atomic E-state index is 14.1. The van der Waals surface area contributed by atoms with Crippen molar-refractivity contribution >= 4 is 50.9 Å². The number of carbonyl (C=O) groups is 4. The van der Waals surface area contributed by atoms with Crippen LogP contribution in [0.2, 0.25) is 5.02 Å². The van der Waals surface area contributed by atoms with Crippen LogP contribution in [0.15, 0.2) is 36.4 Å². The molecule has 2 aromatic rings. The van der Waals surface area contributed by atoms with Crippen LogP contribution in [0, 0.1) is 29.6 Å². The number of sulfonamides is 1. The molecule has 2 aromatic carbocycles. The molecule has 2 aliphatic carbocycles. The van der Waals surface area contributed by atoms with Crippen LogP contribution in [-0.4, -0.2) is 71.2 Å². The minimum absolute atomic E-state index is 0.0303. The van der Waals surface area contributed by atoms with Crippen molar-refractivity contribution in [1.82, 2.24) is 4.72 Å². The summed E-state index contributed by atoms with van der Waals surface area (Å²) in [6.45, 7) is 4.58. The molecule has 4 aliphatic rings. The second-order valence-electron chi connectivity index (χ2n) is 14.6. The molecular weight excluding hydrogens is 684 g/mol. The highest BCUT2D eigenvalue weighted by atomic mass is 35.5. The molecule has 0 radical (unpaired) electrons.